The Morgan fingerprint density at radius 3 is 2.41 bits per heavy atom. The Morgan fingerprint density at radius 1 is 1.41 bits per heavy atom. The van der Waals surface area contributed by atoms with Crippen LogP contribution in [0.3, 0.4) is 0 Å². The molecule has 0 saturated heterocycles. The van der Waals surface area contributed by atoms with Gasteiger partial charge in [-0.1, -0.05) is 0 Å². The van der Waals surface area contributed by atoms with E-state index in [0.717, 1.165) is 0 Å². The lowest BCUT2D eigenvalue weighted by atomic mass is 10.0. The van der Waals surface area contributed by atoms with Crippen molar-refractivity contribution >= 4 is 11.9 Å². The second-order valence-electron chi connectivity index (χ2n) is 4.20. The summed E-state index contributed by atoms with van der Waals surface area (Å²) in [5.74, 6) is -1.44. The van der Waals surface area contributed by atoms with Gasteiger partial charge in [0.25, 0.3) is 0 Å². The van der Waals surface area contributed by atoms with Crippen LogP contribution in [0.4, 0.5) is 0 Å². The minimum absolute atomic E-state index is 0.0285. The van der Waals surface area contributed by atoms with E-state index >= 15 is 0 Å². The third-order valence-electron chi connectivity index (χ3n) is 2.50. The van der Waals surface area contributed by atoms with Crippen LogP contribution in [0.5, 0.6) is 0 Å². The van der Waals surface area contributed by atoms with E-state index in [9.17, 15) is 9.59 Å². The average molecular weight is 247 g/mol. The molecule has 0 aromatic rings. The fraction of sp³-hybridized carbons (Fsp3) is 0.818. The van der Waals surface area contributed by atoms with Gasteiger partial charge in [0, 0.05) is 20.6 Å². The summed E-state index contributed by atoms with van der Waals surface area (Å²) >= 11 is 0. The molecule has 17 heavy (non-hydrogen) atoms. The standard InChI is InChI=1S/C11H21NO5/c1-8(17-4)5-6-9(13)12-11(2,7-16-3)10(14)15/h8H,5-7H2,1-4H3,(H,12,13)(H,14,15). The van der Waals surface area contributed by atoms with Crippen molar-refractivity contribution in [3.05, 3.63) is 0 Å². The van der Waals surface area contributed by atoms with Crippen molar-refractivity contribution in [2.45, 2.75) is 38.3 Å². The van der Waals surface area contributed by atoms with Crippen molar-refractivity contribution in [1.29, 1.82) is 0 Å². The van der Waals surface area contributed by atoms with Gasteiger partial charge in [0.05, 0.1) is 12.7 Å². The Morgan fingerprint density at radius 2 is 2.00 bits per heavy atom. The zero-order valence-corrected chi connectivity index (χ0v) is 10.8. The molecule has 0 aromatic heterocycles. The number of nitrogens with one attached hydrogen (secondary N) is 1. The Labute approximate surface area is 101 Å². The van der Waals surface area contributed by atoms with Crippen molar-refractivity contribution < 1.29 is 24.2 Å². The minimum Gasteiger partial charge on any atom is -0.479 e. The lowest BCUT2D eigenvalue weighted by Crippen LogP contribution is -2.55. The monoisotopic (exact) mass is 247 g/mol. The number of carbonyl (C=O) groups is 2. The van der Waals surface area contributed by atoms with Crippen LogP contribution < -0.4 is 5.32 Å². The number of aliphatic carboxylic acids is 1. The van der Waals surface area contributed by atoms with Crippen LogP contribution in [0.1, 0.15) is 26.7 Å². The Bertz CT molecular complexity index is 269. The molecule has 0 saturated carbocycles. The highest BCUT2D eigenvalue weighted by Gasteiger charge is 2.34. The molecule has 0 aliphatic heterocycles. The van der Waals surface area contributed by atoms with Crippen molar-refractivity contribution in [1.82, 2.24) is 5.32 Å². The van der Waals surface area contributed by atoms with Gasteiger partial charge >= 0.3 is 5.97 Å². The first-order chi connectivity index (χ1) is 7.85. The van der Waals surface area contributed by atoms with Gasteiger partial charge in [-0.05, 0) is 20.3 Å². The predicted molar refractivity (Wildman–Crippen MR) is 61.8 cm³/mol. The molecule has 0 aromatic carbocycles. The normalized spacial score (nSPS) is 16.0. The van der Waals surface area contributed by atoms with Crippen LogP contribution in [0, 0.1) is 0 Å². The summed E-state index contributed by atoms with van der Waals surface area (Å²) in [5, 5.41) is 11.5. The molecule has 2 N–H and O–H groups in total. The highest BCUT2D eigenvalue weighted by atomic mass is 16.5. The topological polar surface area (TPSA) is 84.9 Å². The molecule has 0 aliphatic rings. The summed E-state index contributed by atoms with van der Waals surface area (Å²) in [6, 6.07) is 0. The molecule has 0 bridgehead atoms. The number of hydrogen-bond acceptors (Lipinski definition) is 4. The molecule has 1 amide bonds. The maximum Gasteiger partial charge on any atom is 0.331 e. The molecule has 2 unspecified atom stereocenters. The fourth-order valence-electron chi connectivity index (χ4n) is 1.26. The van der Waals surface area contributed by atoms with Gasteiger partial charge in [0.15, 0.2) is 5.54 Å². The first-order valence-electron chi connectivity index (χ1n) is 5.42. The fourth-order valence-corrected chi connectivity index (χ4v) is 1.26. The van der Waals surface area contributed by atoms with Crippen LogP contribution in [-0.4, -0.2) is 49.5 Å². The number of rotatable bonds is 8. The summed E-state index contributed by atoms with van der Waals surface area (Å²) in [4.78, 5) is 22.6. The SMILES string of the molecule is COCC(C)(NC(=O)CCC(C)OC)C(=O)O. The van der Waals surface area contributed by atoms with Gasteiger partial charge in [0.1, 0.15) is 0 Å². The van der Waals surface area contributed by atoms with E-state index in [4.69, 9.17) is 14.6 Å². The third kappa shape index (κ3) is 5.65. The van der Waals surface area contributed by atoms with E-state index < -0.39 is 11.5 Å². The first-order valence-corrected chi connectivity index (χ1v) is 5.42. The van der Waals surface area contributed by atoms with Gasteiger partial charge in [0.2, 0.25) is 5.91 Å². The maximum absolute atomic E-state index is 11.6. The Kier molecular flexibility index (Phi) is 6.75. The Balaban J connectivity index is 4.27. The number of ether oxygens (including phenoxy) is 2. The van der Waals surface area contributed by atoms with Crippen molar-refractivity contribution in [2.75, 3.05) is 20.8 Å². The molecule has 0 rings (SSSR count). The lowest BCUT2D eigenvalue weighted by Gasteiger charge is -2.25. The number of carboxylic acid groups (broad SMARTS) is 1. The van der Waals surface area contributed by atoms with Crippen LogP contribution in [-0.2, 0) is 19.1 Å². The number of amides is 1. The minimum atomic E-state index is -1.39. The van der Waals surface area contributed by atoms with E-state index in [1.165, 1.54) is 14.0 Å². The quantitative estimate of drug-likeness (QED) is 0.649. The van der Waals surface area contributed by atoms with Gasteiger partial charge in [-0.2, -0.15) is 0 Å². The van der Waals surface area contributed by atoms with Crippen LogP contribution in [0.25, 0.3) is 0 Å². The number of hydrogen-bond donors (Lipinski definition) is 2. The molecule has 100 valence electrons. The van der Waals surface area contributed by atoms with Crippen LogP contribution >= 0.6 is 0 Å². The van der Waals surface area contributed by atoms with E-state index in [2.05, 4.69) is 5.32 Å². The largest absolute Gasteiger partial charge is 0.479 e. The summed E-state index contributed by atoms with van der Waals surface area (Å²) in [5.41, 5.74) is -1.39. The van der Waals surface area contributed by atoms with Crippen molar-refractivity contribution in [3.8, 4) is 0 Å². The molecule has 6 nitrogen and oxygen atoms in total. The maximum atomic E-state index is 11.6. The van der Waals surface area contributed by atoms with Crippen molar-refractivity contribution in [2.24, 2.45) is 0 Å². The predicted octanol–water partition coefficient (Wildman–Crippen LogP) is 0.407. The smallest absolute Gasteiger partial charge is 0.331 e. The summed E-state index contributed by atoms with van der Waals surface area (Å²) in [7, 11) is 2.95. The molecular formula is C11H21NO5. The van der Waals surface area contributed by atoms with Crippen LogP contribution in [0.2, 0.25) is 0 Å². The summed E-state index contributed by atoms with van der Waals surface area (Å²) < 4.78 is 9.80. The van der Waals surface area contributed by atoms with E-state index in [1.54, 1.807) is 7.11 Å². The van der Waals surface area contributed by atoms with E-state index in [-0.39, 0.29) is 25.0 Å². The van der Waals surface area contributed by atoms with E-state index in [1.807, 2.05) is 6.92 Å². The molecule has 0 aliphatic carbocycles. The second-order valence-corrected chi connectivity index (χ2v) is 4.20. The van der Waals surface area contributed by atoms with Gasteiger partial charge < -0.3 is 19.9 Å². The second kappa shape index (κ2) is 7.24. The number of carbonyl (C=O) groups excluding carboxylic acids is 1. The molecule has 6 heteroatoms. The molecule has 0 radical (unpaired) electrons. The average Bonchev–Trinajstić information content (AvgIpc) is 2.25. The number of methoxy groups -OCH3 is 2. The molecular weight excluding hydrogens is 226 g/mol. The summed E-state index contributed by atoms with van der Waals surface area (Å²) in [6.07, 6.45) is 0.742. The van der Waals surface area contributed by atoms with Crippen LogP contribution in [0.15, 0.2) is 0 Å². The zero-order chi connectivity index (χ0) is 13.5. The van der Waals surface area contributed by atoms with E-state index in [0.29, 0.717) is 6.42 Å². The molecule has 2 atom stereocenters. The van der Waals surface area contributed by atoms with Crippen molar-refractivity contribution in [3.63, 3.8) is 0 Å². The molecule has 0 fully saturated rings. The van der Waals surface area contributed by atoms with Gasteiger partial charge in [-0.15, -0.1) is 0 Å². The molecule has 0 heterocycles. The Hall–Kier alpha value is -1.14. The number of carboxylic acids is 1. The first kappa shape index (κ1) is 15.9. The molecule has 0 spiro atoms. The van der Waals surface area contributed by atoms with Gasteiger partial charge in [-0.3, -0.25) is 4.79 Å². The zero-order valence-electron chi connectivity index (χ0n) is 10.8. The third-order valence-corrected chi connectivity index (χ3v) is 2.50. The highest BCUT2D eigenvalue weighted by molar-refractivity contribution is 5.86. The van der Waals surface area contributed by atoms with Gasteiger partial charge in [-0.25, -0.2) is 4.79 Å². The lowest BCUT2D eigenvalue weighted by molar-refractivity contribution is -0.149. The highest BCUT2D eigenvalue weighted by Crippen LogP contribution is 2.07. The summed E-state index contributed by atoms with van der Waals surface area (Å²) in [6.45, 7) is 3.18.